The van der Waals surface area contributed by atoms with Crippen LogP contribution in [0.5, 0.6) is 11.5 Å². The number of methoxy groups -OCH3 is 1. The van der Waals surface area contributed by atoms with Crippen molar-refractivity contribution >= 4 is 28.5 Å². The van der Waals surface area contributed by atoms with Crippen molar-refractivity contribution in [1.82, 2.24) is 0 Å². The topological polar surface area (TPSA) is 86.0 Å². The first kappa shape index (κ1) is 18.4. The van der Waals surface area contributed by atoms with Crippen LogP contribution in [0.3, 0.4) is 0 Å². The minimum Gasteiger partial charge on any atom is -0.497 e. The van der Waals surface area contributed by atoms with Gasteiger partial charge >= 0.3 is 5.97 Å². The number of hydrogen-bond acceptors (Lipinski definition) is 5. The minimum atomic E-state index is -0.819. The highest BCUT2D eigenvalue weighted by atomic mass is 35.5. The summed E-state index contributed by atoms with van der Waals surface area (Å²) in [7, 11) is 1.54. The normalized spacial score (nSPS) is 18.5. The molecule has 1 aliphatic carbocycles. The maximum atomic E-state index is 12.5. The van der Waals surface area contributed by atoms with Crippen molar-refractivity contribution in [2.75, 3.05) is 7.11 Å². The molecule has 0 aliphatic heterocycles. The molecule has 1 fully saturated rings. The number of para-hydroxylation sites is 1. The van der Waals surface area contributed by atoms with E-state index in [0.29, 0.717) is 51.7 Å². The molecule has 0 bridgehead atoms. The first-order chi connectivity index (χ1) is 13.5. The van der Waals surface area contributed by atoms with Gasteiger partial charge in [0.15, 0.2) is 11.0 Å². The van der Waals surface area contributed by atoms with Gasteiger partial charge in [-0.1, -0.05) is 17.7 Å². The second-order valence-electron chi connectivity index (χ2n) is 6.70. The molecule has 4 rings (SSSR count). The van der Waals surface area contributed by atoms with Crippen molar-refractivity contribution < 1.29 is 23.8 Å². The fourth-order valence-corrected chi connectivity index (χ4v) is 3.46. The van der Waals surface area contributed by atoms with Crippen molar-refractivity contribution in [3.8, 4) is 22.8 Å². The van der Waals surface area contributed by atoms with Gasteiger partial charge in [-0.25, -0.2) is 0 Å². The lowest BCUT2D eigenvalue weighted by Gasteiger charge is -2.33. The zero-order valence-electron chi connectivity index (χ0n) is 15.0. The molecule has 0 atom stereocenters. The van der Waals surface area contributed by atoms with E-state index in [1.807, 2.05) is 0 Å². The third-order valence-electron chi connectivity index (χ3n) is 4.90. The fourth-order valence-electron chi connectivity index (χ4n) is 3.25. The van der Waals surface area contributed by atoms with Gasteiger partial charge in [0.2, 0.25) is 0 Å². The minimum absolute atomic E-state index is 0.213. The predicted molar refractivity (Wildman–Crippen MR) is 104 cm³/mol. The Morgan fingerprint density at radius 3 is 2.71 bits per heavy atom. The molecule has 1 heterocycles. The molecule has 28 heavy (non-hydrogen) atoms. The van der Waals surface area contributed by atoms with Crippen LogP contribution in [-0.2, 0) is 4.79 Å². The number of ether oxygens (including phenoxy) is 2. The van der Waals surface area contributed by atoms with Crippen molar-refractivity contribution in [1.29, 1.82) is 0 Å². The fraction of sp³-hybridized carbons (Fsp3) is 0.238. The van der Waals surface area contributed by atoms with Crippen LogP contribution in [-0.4, -0.2) is 24.3 Å². The van der Waals surface area contributed by atoms with Crippen molar-refractivity contribution in [3.05, 3.63) is 57.7 Å². The lowest BCUT2D eigenvalue weighted by atomic mass is 9.82. The lowest BCUT2D eigenvalue weighted by molar-refractivity contribution is -0.147. The van der Waals surface area contributed by atoms with Gasteiger partial charge in [-0.2, -0.15) is 0 Å². The van der Waals surface area contributed by atoms with Gasteiger partial charge in [-0.3, -0.25) is 9.59 Å². The van der Waals surface area contributed by atoms with Crippen LogP contribution in [0.4, 0.5) is 0 Å². The van der Waals surface area contributed by atoms with E-state index in [9.17, 15) is 9.59 Å². The molecule has 6 nitrogen and oxygen atoms in total. The van der Waals surface area contributed by atoms with E-state index in [1.165, 1.54) is 6.07 Å². The standard InChI is InChI=1S/C21H17ClO6/c1-26-12-5-6-15(18(9-12)27-13-7-11(8-13)21(24)25)19-10-17(23)14-3-2-4-16(22)20(14)28-19/h2-6,9-11,13H,7-8H2,1H3,(H,24,25)/t11-,13-. The maximum absolute atomic E-state index is 12.5. The molecule has 2 aromatic carbocycles. The summed E-state index contributed by atoms with van der Waals surface area (Å²) in [6, 6.07) is 11.6. The first-order valence-electron chi connectivity index (χ1n) is 8.76. The lowest BCUT2D eigenvalue weighted by Crippen LogP contribution is -2.38. The Hall–Kier alpha value is -2.99. The Labute approximate surface area is 165 Å². The predicted octanol–water partition coefficient (Wildman–Crippen LogP) is 4.36. The molecular weight excluding hydrogens is 384 g/mol. The molecular formula is C21H17ClO6. The number of hydrogen-bond donors (Lipinski definition) is 1. The molecule has 0 amide bonds. The molecule has 0 radical (unpaired) electrons. The van der Waals surface area contributed by atoms with E-state index in [-0.39, 0.29) is 11.5 Å². The Morgan fingerprint density at radius 1 is 1.21 bits per heavy atom. The zero-order chi connectivity index (χ0) is 19.8. The van der Waals surface area contributed by atoms with E-state index in [4.69, 9.17) is 30.6 Å². The second kappa shape index (κ2) is 7.20. The van der Waals surface area contributed by atoms with E-state index >= 15 is 0 Å². The van der Waals surface area contributed by atoms with Gasteiger partial charge in [-0.05, 0) is 37.1 Å². The number of carboxylic acid groups (broad SMARTS) is 1. The molecule has 0 spiro atoms. The molecule has 1 aromatic heterocycles. The maximum Gasteiger partial charge on any atom is 0.306 e. The van der Waals surface area contributed by atoms with Crippen molar-refractivity contribution in [2.24, 2.45) is 5.92 Å². The Balaban J connectivity index is 1.75. The monoisotopic (exact) mass is 400 g/mol. The van der Waals surface area contributed by atoms with E-state index in [0.717, 1.165) is 0 Å². The van der Waals surface area contributed by atoms with Gasteiger partial charge in [0.1, 0.15) is 23.4 Å². The van der Waals surface area contributed by atoms with E-state index in [1.54, 1.807) is 43.5 Å². The third kappa shape index (κ3) is 3.31. The van der Waals surface area contributed by atoms with Gasteiger partial charge < -0.3 is 19.0 Å². The summed E-state index contributed by atoms with van der Waals surface area (Å²) in [5.41, 5.74) is 0.664. The quantitative estimate of drug-likeness (QED) is 0.684. The molecule has 1 saturated carbocycles. The van der Waals surface area contributed by atoms with Gasteiger partial charge in [0.25, 0.3) is 0 Å². The molecule has 0 unspecified atom stereocenters. The van der Waals surface area contributed by atoms with Gasteiger partial charge in [0.05, 0.1) is 29.0 Å². The average molecular weight is 401 g/mol. The Kier molecular flexibility index (Phi) is 4.73. The van der Waals surface area contributed by atoms with Crippen molar-refractivity contribution in [2.45, 2.75) is 18.9 Å². The number of halogens is 1. The number of benzene rings is 2. The largest absolute Gasteiger partial charge is 0.497 e. The highest BCUT2D eigenvalue weighted by molar-refractivity contribution is 6.34. The summed E-state index contributed by atoms with van der Waals surface area (Å²) >= 11 is 6.20. The molecule has 1 aliphatic rings. The summed E-state index contributed by atoms with van der Waals surface area (Å²) < 4.78 is 17.2. The Bertz CT molecular complexity index is 1110. The van der Waals surface area contributed by atoms with Crippen LogP contribution < -0.4 is 14.9 Å². The number of carbonyl (C=O) groups is 1. The third-order valence-corrected chi connectivity index (χ3v) is 5.20. The number of fused-ring (bicyclic) bond motifs is 1. The zero-order valence-corrected chi connectivity index (χ0v) is 15.7. The van der Waals surface area contributed by atoms with Crippen LogP contribution in [0.2, 0.25) is 5.02 Å². The Morgan fingerprint density at radius 2 is 2.00 bits per heavy atom. The van der Waals surface area contributed by atoms with E-state index < -0.39 is 11.9 Å². The van der Waals surface area contributed by atoms with Crippen molar-refractivity contribution in [3.63, 3.8) is 0 Å². The number of rotatable bonds is 5. The summed E-state index contributed by atoms with van der Waals surface area (Å²) in [6.45, 7) is 0. The summed E-state index contributed by atoms with van der Waals surface area (Å²) in [4.78, 5) is 23.5. The number of aliphatic carboxylic acids is 1. The molecule has 1 N–H and O–H groups in total. The van der Waals surface area contributed by atoms with Gasteiger partial charge in [-0.15, -0.1) is 0 Å². The molecule has 3 aromatic rings. The summed E-state index contributed by atoms with van der Waals surface area (Å²) in [6.07, 6.45) is 0.640. The highest BCUT2D eigenvalue weighted by Gasteiger charge is 2.36. The van der Waals surface area contributed by atoms with Crippen LogP contribution in [0.15, 0.2) is 51.7 Å². The van der Waals surface area contributed by atoms with Crippen LogP contribution >= 0.6 is 11.6 Å². The SMILES string of the molecule is COc1ccc(-c2cc(=O)c3cccc(Cl)c3o2)c(O[C@H]2C[C@H](C(=O)O)C2)c1. The van der Waals surface area contributed by atoms with Crippen LogP contribution in [0, 0.1) is 5.92 Å². The molecule has 144 valence electrons. The van der Waals surface area contributed by atoms with Crippen LogP contribution in [0.25, 0.3) is 22.3 Å². The second-order valence-corrected chi connectivity index (χ2v) is 7.11. The summed E-state index contributed by atoms with van der Waals surface area (Å²) in [5, 5.41) is 9.79. The van der Waals surface area contributed by atoms with E-state index in [2.05, 4.69) is 0 Å². The molecule has 0 saturated heterocycles. The highest BCUT2D eigenvalue weighted by Crippen LogP contribution is 2.39. The number of carboxylic acids is 1. The summed E-state index contributed by atoms with van der Waals surface area (Å²) in [5.74, 6) is 0.145. The average Bonchev–Trinajstić information content (AvgIpc) is 2.64. The smallest absolute Gasteiger partial charge is 0.306 e. The van der Waals surface area contributed by atoms with Gasteiger partial charge in [0, 0.05) is 12.1 Å². The molecule has 7 heteroatoms. The first-order valence-corrected chi connectivity index (χ1v) is 9.14. The van der Waals surface area contributed by atoms with Crippen LogP contribution in [0.1, 0.15) is 12.8 Å².